The molecule has 0 saturated heterocycles. The normalized spacial score (nSPS) is 9.47. The summed E-state index contributed by atoms with van der Waals surface area (Å²) in [5.74, 6) is -1.74. The van der Waals surface area contributed by atoms with Gasteiger partial charge in [0.1, 0.15) is 0 Å². The zero-order valence-electron chi connectivity index (χ0n) is 17.7. The fraction of sp³-hybridized carbons (Fsp3) is 0.889. The molecule has 0 heterocycles. The Morgan fingerprint density at radius 2 is 1.00 bits per heavy atom. The van der Waals surface area contributed by atoms with Crippen molar-refractivity contribution in [3.63, 3.8) is 0 Å². The molecular weight excluding hydrogens is 408 g/mol. The molecule has 12 heteroatoms. The fourth-order valence-electron chi connectivity index (χ4n) is 1.27. The zero-order chi connectivity index (χ0) is 24.0. The van der Waals surface area contributed by atoms with E-state index in [1.807, 2.05) is 6.92 Å². The molecule has 0 rings (SSSR count). The van der Waals surface area contributed by atoms with Crippen molar-refractivity contribution in [2.45, 2.75) is 51.7 Å². The average Bonchev–Trinajstić information content (AvgIpc) is 2.67. The van der Waals surface area contributed by atoms with Crippen molar-refractivity contribution in [3.05, 3.63) is 0 Å². The van der Waals surface area contributed by atoms with Gasteiger partial charge in [0.05, 0.1) is 52.9 Å². The molecule has 0 aromatic carbocycles. The second kappa shape index (κ2) is 35.1. The van der Waals surface area contributed by atoms with Crippen LogP contribution in [0.15, 0.2) is 0 Å². The van der Waals surface area contributed by atoms with Gasteiger partial charge in [0.2, 0.25) is 0 Å². The number of unbranched alkanes of at least 4 members (excludes halogenated alkanes) is 1. The van der Waals surface area contributed by atoms with Crippen LogP contribution in [-0.4, -0.2) is 112 Å². The lowest BCUT2D eigenvalue weighted by atomic mass is 10.2. The largest absolute Gasteiger partial charge is 0.481 e. The summed E-state index contributed by atoms with van der Waals surface area (Å²) in [5, 5.41) is 64.8. The second-order valence-corrected chi connectivity index (χ2v) is 5.38. The van der Waals surface area contributed by atoms with Crippen molar-refractivity contribution in [1.82, 2.24) is 0 Å². The summed E-state index contributed by atoms with van der Waals surface area (Å²) >= 11 is 0. The molecule has 8 N–H and O–H groups in total. The monoisotopic (exact) mass is 448 g/mol. The first kappa shape index (κ1) is 36.0. The topological polar surface area (TPSA) is 214 Å². The van der Waals surface area contributed by atoms with Crippen LogP contribution in [0.5, 0.6) is 0 Å². The number of carboxylic acids is 2. The summed E-state index contributed by atoms with van der Waals surface area (Å²) in [6.07, 6.45) is 1.23. The van der Waals surface area contributed by atoms with Crippen molar-refractivity contribution >= 4 is 11.9 Å². The molecule has 184 valence electrons. The lowest BCUT2D eigenvalue weighted by Crippen LogP contribution is -2.03. The van der Waals surface area contributed by atoms with E-state index in [0.29, 0.717) is 45.7 Å². The third-order valence-corrected chi connectivity index (χ3v) is 2.52. The zero-order valence-corrected chi connectivity index (χ0v) is 17.7. The number of aliphatic hydroxyl groups excluding tert-OH is 5. The van der Waals surface area contributed by atoms with E-state index in [1.54, 1.807) is 0 Å². The van der Waals surface area contributed by atoms with Gasteiger partial charge in [-0.05, 0) is 19.3 Å². The minimum atomic E-state index is -1.10. The second-order valence-electron chi connectivity index (χ2n) is 5.38. The average molecular weight is 449 g/mol. The molecular formula is C18H40O12. The Balaban J connectivity index is -0.000000153. The third-order valence-electron chi connectivity index (χ3n) is 2.52. The summed E-state index contributed by atoms with van der Waals surface area (Å²) in [4.78, 5) is 19.8. The van der Waals surface area contributed by atoms with Gasteiger partial charge in [-0.2, -0.15) is 0 Å². The lowest BCUT2D eigenvalue weighted by Gasteiger charge is -1.94. The van der Waals surface area contributed by atoms with Crippen LogP contribution in [0.3, 0.4) is 0 Å². The van der Waals surface area contributed by atoms with E-state index in [4.69, 9.17) is 40.9 Å². The highest BCUT2D eigenvalue weighted by molar-refractivity contribution is 5.67. The molecule has 0 aliphatic heterocycles. The van der Waals surface area contributed by atoms with E-state index >= 15 is 0 Å². The third kappa shape index (κ3) is 63.3. The number of hydrogen-bond donors (Lipinski definition) is 8. The van der Waals surface area contributed by atoms with Crippen LogP contribution in [0, 0.1) is 0 Å². The number of aliphatic carboxylic acids is 2. The van der Waals surface area contributed by atoms with Gasteiger partial charge >= 0.3 is 11.9 Å². The van der Waals surface area contributed by atoms with Gasteiger partial charge in [-0.3, -0.25) is 9.59 Å². The van der Waals surface area contributed by atoms with Crippen LogP contribution in [0.25, 0.3) is 0 Å². The van der Waals surface area contributed by atoms with Crippen LogP contribution in [0.2, 0.25) is 0 Å². The van der Waals surface area contributed by atoms with Crippen molar-refractivity contribution in [3.8, 4) is 0 Å². The van der Waals surface area contributed by atoms with E-state index in [-0.39, 0.29) is 39.3 Å². The summed E-state index contributed by atoms with van der Waals surface area (Å²) in [5.41, 5.74) is 0. The summed E-state index contributed by atoms with van der Waals surface area (Å²) in [6.45, 7) is 3.29. The Bertz CT molecular complexity index is 292. The number of aliphatic hydroxyl groups is 6. The molecule has 0 spiro atoms. The smallest absolute Gasteiger partial charge is 0.303 e. The Morgan fingerprint density at radius 1 is 0.700 bits per heavy atom. The van der Waals surface area contributed by atoms with E-state index in [1.165, 1.54) is 0 Å². The number of carboxylic acid groups (broad SMARTS) is 2. The molecule has 0 aromatic rings. The van der Waals surface area contributed by atoms with Gasteiger partial charge in [0.15, 0.2) is 6.29 Å². The Kier molecular flexibility index (Phi) is 42.1. The maximum Gasteiger partial charge on any atom is 0.303 e. The molecule has 0 aromatic heterocycles. The highest BCUT2D eigenvalue weighted by Gasteiger charge is 1.99. The molecule has 0 saturated carbocycles. The number of ether oxygens (including phenoxy) is 2. The predicted octanol–water partition coefficient (Wildman–Crippen LogP) is -1.21. The van der Waals surface area contributed by atoms with Gasteiger partial charge in [-0.25, -0.2) is 0 Å². The number of rotatable bonds is 15. The molecule has 0 atom stereocenters. The van der Waals surface area contributed by atoms with Gasteiger partial charge in [0.25, 0.3) is 0 Å². The summed E-state index contributed by atoms with van der Waals surface area (Å²) in [6, 6.07) is 0. The van der Waals surface area contributed by atoms with Crippen LogP contribution in [-0.2, 0) is 19.1 Å². The van der Waals surface area contributed by atoms with Crippen LogP contribution in [0.4, 0.5) is 0 Å². The van der Waals surface area contributed by atoms with E-state index in [9.17, 15) is 9.59 Å². The first-order valence-corrected chi connectivity index (χ1v) is 9.61. The highest BCUT2D eigenvalue weighted by atomic mass is 16.5. The van der Waals surface area contributed by atoms with Crippen molar-refractivity contribution in [2.75, 3.05) is 52.9 Å². The minimum Gasteiger partial charge on any atom is -0.481 e. The summed E-state index contributed by atoms with van der Waals surface area (Å²) < 4.78 is 9.26. The van der Waals surface area contributed by atoms with E-state index in [0.717, 1.165) is 6.42 Å². The quantitative estimate of drug-likeness (QED) is 0.109. The van der Waals surface area contributed by atoms with Crippen molar-refractivity contribution in [1.29, 1.82) is 0 Å². The van der Waals surface area contributed by atoms with E-state index < -0.39 is 18.2 Å². The van der Waals surface area contributed by atoms with Gasteiger partial charge in [-0.1, -0.05) is 13.3 Å². The Morgan fingerprint density at radius 3 is 1.13 bits per heavy atom. The first-order valence-electron chi connectivity index (χ1n) is 9.61. The molecule has 30 heavy (non-hydrogen) atoms. The van der Waals surface area contributed by atoms with Crippen LogP contribution in [0.1, 0.15) is 45.4 Å². The molecule has 0 amide bonds. The molecule has 0 radical (unpaired) electrons. The van der Waals surface area contributed by atoms with Crippen LogP contribution < -0.4 is 0 Å². The highest BCUT2D eigenvalue weighted by Crippen LogP contribution is 1.98. The molecule has 0 aliphatic carbocycles. The molecule has 12 nitrogen and oxygen atoms in total. The maximum atomic E-state index is 9.90. The molecule has 0 aliphatic rings. The summed E-state index contributed by atoms with van der Waals surface area (Å²) in [7, 11) is 0. The SMILES string of the molecule is CCCC(O)O.O=C(O)CCCCC(=O)O.OCCOCCO.OCCOCCO. The van der Waals surface area contributed by atoms with Crippen molar-refractivity contribution < 1.29 is 59.9 Å². The Hall–Kier alpha value is -1.38. The standard InChI is InChI=1S/C6H10O4.2C4H10O3.C4H10O2/c7-5(8)3-1-2-4-6(9)10;2*5-1-3-7-4-2-6;1-2-3-4(5)6/h1-4H2,(H,7,8)(H,9,10);2*5-6H,1-4H2;4-6H,2-3H2,1H3. The lowest BCUT2D eigenvalue weighted by molar-refractivity contribution is -0.139. The minimum absolute atomic E-state index is 0.0278. The predicted molar refractivity (Wildman–Crippen MR) is 107 cm³/mol. The van der Waals surface area contributed by atoms with Crippen LogP contribution >= 0.6 is 0 Å². The molecule has 0 fully saturated rings. The maximum absolute atomic E-state index is 9.90. The van der Waals surface area contributed by atoms with Gasteiger partial charge in [0, 0.05) is 12.8 Å². The van der Waals surface area contributed by atoms with Gasteiger partial charge < -0.3 is 50.3 Å². The molecule has 0 unspecified atom stereocenters. The fourth-order valence-corrected chi connectivity index (χ4v) is 1.27. The number of hydrogen-bond acceptors (Lipinski definition) is 10. The molecule has 0 bridgehead atoms. The Labute approximate surface area is 177 Å². The number of carbonyl (C=O) groups is 2. The van der Waals surface area contributed by atoms with E-state index in [2.05, 4.69) is 9.47 Å². The first-order chi connectivity index (χ1) is 14.2. The van der Waals surface area contributed by atoms with Crippen molar-refractivity contribution in [2.24, 2.45) is 0 Å². The van der Waals surface area contributed by atoms with Gasteiger partial charge in [-0.15, -0.1) is 0 Å².